The smallest absolute Gasteiger partial charge is 0.260 e. The van der Waals surface area contributed by atoms with Crippen LogP contribution in [0.2, 0.25) is 0 Å². The van der Waals surface area contributed by atoms with Crippen molar-refractivity contribution in [3.63, 3.8) is 0 Å². The molecule has 0 aliphatic carbocycles. The SMILES string of the molecule is CCOCCCNC(=O)[C@@H](C)Oc1ccc(OC)cc1. The van der Waals surface area contributed by atoms with Gasteiger partial charge in [-0.2, -0.15) is 0 Å². The van der Waals surface area contributed by atoms with E-state index in [9.17, 15) is 4.79 Å². The van der Waals surface area contributed by atoms with E-state index in [1.807, 2.05) is 6.92 Å². The summed E-state index contributed by atoms with van der Waals surface area (Å²) in [5, 5.41) is 2.82. The van der Waals surface area contributed by atoms with E-state index in [1.165, 1.54) is 0 Å². The summed E-state index contributed by atoms with van der Waals surface area (Å²) in [6, 6.07) is 7.14. The molecule has 1 atom stereocenters. The molecule has 0 aliphatic rings. The molecule has 5 nitrogen and oxygen atoms in total. The lowest BCUT2D eigenvalue weighted by molar-refractivity contribution is -0.127. The lowest BCUT2D eigenvalue weighted by atomic mass is 10.3. The second kappa shape index (κ2) is 9.20. The lowest BCUT2D eigenvalue weighted by Gasteiger charge is -2.15. The Labute approximate surface area is 120 Å². The minimum atomic E-state index is -0.532. The predicted octanol–water partition coefficient (Wildman–Crippen LogP) is 2.01. The molecule has 0 radical (unpaired) electrons. The molecule has 0 saturated carbocycles. The van der Waals surface area contributed by atoms with Gasteiger partial charge in [0, 0.05) is 19.8 Å². The van der Waals surface area contributed by atoms with Gasteiger partial charge in [-0.1, -0.05) is 0 Å². The number of hydrogen-bond donors (Lipinski definition) is 1. The normalized spacial score (nSPS) is 11.8. The van der Waals surface area contributed by atoms with Crippen LogP contribution in [0.5, 0.6) is 11.5 Å². The fourth-order valence-corrected chi connectivity index (χ4v) is 1.59. The lowest BCUT2D eigenvalue weighted by Crippen LogP contribution is -2.37. The van der Waals surface area contributed by atoms with Crippen LogP contribution in [-0.4, -0.2) is 38.9 Å². The first kappa shape index (κ1) is 16.3. The Bertz CT molecular complexity index is 391. The molecule has 0 saturated heterocycles. The number of rotatable bonds is 9. The van der Waals surface area contributed by atoms with E-state index in [4.69, 9.17) is 14.2 Å². The van der Waals surface area contributed by atoms with Crippen LogP contribution in [0.15, 0.2) is 24.3 Å². The van der Waals surface area contributed by atoms with Gasteiger partial charge in [0.05, 0.1) is 7.11 Å². The van der Waals surface area contributed by atoms with Gasteiger partial charge in [0.25, 0.3) is 5.91 Å². The standard InChI is InChI=1S/C15H23NO4/c1-4-19-11-5-10-16-15(17)12(2)20-14-8-6-13(18-3)7-9-14/h6-9,12H,4-5,10-11H2,1-3H3,(H,16,17)/t12-/m1/s1. The van der Waals surface area contributed by atoms with Crippen LogP contribution in [0, 0.1) is 0 Å². The second-order valence-corrected chi connectivity index (χ2v) is 4.28. The average molecular weight is 281 g/mol. The van der Waals surface area contributed by atoms with E-state index in [2.05, 4.69) is 5.32 Å². The molecular weight excluding hydrogens is 258 g/mol. The van der Waals surface area contributed by atoms with Gasteiger partial charge in [0.1, 0.15) is 11.5 Å². The molecule has 5 heteroatoms. The summed E-state index contributed by atoms with van der Waals surface area (Å²) < 4.78 is 15.8. The van der Waals surface area contributed by atoms with Crippen molar-refractivity contribution in [1.29, 1.82) is 0 Å². The van der Waals surface area contributed by atoms with Gasteiger partial charge in [-0.05, 0) is 44.5 Å². The first-order valence-electron chi connectivity index (χ1n) is 6.83. The van der Waals surface area contributed by atoms with Crippen LogP contribution in [0.25, 0.3) is 0 Å². The fraction of sp³-hybridized carbons (Fsp3) is 0.533. The number of hydrogen-bond acceptors (Lipinski definition) is 4. The highest BCUT2D eigenvalue weighted by Gasteiger charge is 2.13. The largest absolute Gasteiger partial charge is 0.497 e. The third-order valence-electron chi connectivity index (χ3n) is 2.71. The van der Waals surface area contributed by atoms with Crippen LogP contribution in [-0.2, 0) is 9.53 Å². The van der Waals surface area contributed by atoms with Crippen molar-refractivity contribution in [1.82, 2.24) is 5.32 Å². The van der Waals surface area contributed by atoms with Crippen molar-refractivity contribution in [3.8, 4) is 11.5 Å². The predicted molar refractivity (Wildman–Crippen MR) is 77.2 cm³/mol. The van der Waals surface area contributed by atoms with Crippen molar-refractivity contribution < 1.29 is 19.0 Å². The first-order chi connectivity index (χ1) is 9.67. The van der Waals surface area contributed by atoms with Gasteiger partial charge in [-0.25, -0.2) is 0 Å². The zero-order valence-electron chi connectivity index (χ0n) is 12.3. The Balaban J connectivity index is 2.29. The molecule has 1 amide bonds. The van der Waals surface area contributed by atoms with E-state index in [0.717, 1.165) is 12.2 Å². The Morgan fingerprint density at radius 3 is 2.50 bits per heavy atom. The highest BCUT2D eigenvalue weighted by atomic mass is 16.5. The van der Waals surface area contributed by atoms with Crippen molar-refractivity contribution in [2.75, 3.05) is 26.9 Å². The van der Waals surface area contributed by atoms with E-state index in [1.54, 1.807) is 38.3 Å². The maximum absolute atomic E-state index is 11.8. The molecule has 1 rings (SSSR count). The monoisotopic (exact) mass is 281 g/mol. The number of ether oxygens (including phenoxy) is 3. The summed E-state index contributed by atoms with van der Waals surface area (Å²) in [7, 11) is 1.61. The summed E-state index contributed by atoms with van der Waals surface area (Å²) >= 11 is 0. The van der Waals surface area contributed by atoms with Crippen molar-refractivity contribution in [2.24, 2.45) is 0 Å². The summed E-state index contributed by atoms with van der Waals surface area (Å²) in [5.41, 5.74) is 0. The molecule has 112 valence electrons. The number of methoxy groups -OCH3 is 1. The number of carbonyl (C=O) groups is 1. The van der Waals surface area contributed by atoms with Crippen molar-refractivity contribution in [3.05, 3.63) is 24.3 Å². The van der Waals surface area contributed by atoms with Gasteiger partial charge in [0.2, 0.25) is 0 Å². The van der Waals surface area contributed by atoms with Crippen LogP contribution >= 0.6 is 0 Å². The molecule has 0 fully saturated rings. The highest BCUT2D eigenvalue weighted by molar-refractivity contribution is 5.80. The molecule has 0 unspecified atom stereocenters. The molecular formula is C15H23NO4. The molecule has 0 spiro atoms. The zero-order valence-corrected chi connectivity index (χ0v) is 12.3. The Morgan fingerprint density at radius 1 is 1.25 bits per heavy atom. The fourth-order valence-electron chi connectivity index (χ4n) is 1.59. The first-order valence-corrected chi connectivity index (χ1v) is 6.83. The van der Waals surface area contributed by atoms with Gasteiger partial charge >= 0.3 is 0 Å². The third-order valence-corrected chi connectivity index (χ3v) is 2.71. The second-order valence-electron chi connectivity index (χ2n) is 4.28. The highest BCUT2D eigenvalue weighted by Crippen LogP contribution is 2.18. The van der Waals surface area contributed by atoms with Crippen LogP contribution in [0.4, 0.5) is 0 Å². The number of amides is 1. The van der Waals surface area contributed by atoms with E-state index in [0.29, 0.717) is 25.5 Å². The Hall–Kier alpha value is -1.75. The third kappa shape index (κ3) is 5.93. The van der Waals surface area contributed by atoms with E-state index < -0.39 is 6.10 Å². The molecule has 1 aromatic carbocycles. The van der Waals surface area contributed by atoms with Gasteiger partial charge in [-0.3, -0.25) is 4.79 Å². The molecule has 0 aliphatic heterocycles. The maximum atomic E-state index is 11.8. The number of carbonyl (C=O) groups excluding carboxylic acids is 1. The summed E-state index contributed by atoms with van der Waals surface area (Å²) in [5.74, 6) is 1.27. The van der Waals surface area contributed by atoms with Crippen LogP contribution in [0.3, 0.4) is 0 Å². The molecule has 20 heavy (non-hydrogen) atoms. The summed E-state index contributed by atoms with van der Waals surface area (Å²) in [4.78, 5) is 11.8. The van der Waals surface area contributed by atoms with Gasteiger partial charge < -0.3 is 19.5 Å². The maximum Gasteiger partial charge on any atom is 0.260 e. The van der Waals surface area contributed by atoms with E-state index in [-0.39, 0.29) is 5.91 Å². The topological polar surface area (TPSA) is 56.8 Å². The zero-order chi connectivity index (χ0) is 14.8. The Morgan fingerprint density at radius 2 is 1.90 bits per heavy atom. The van der Waals surface area contributed by atoms with E-state index >= 15 is 0 Å². The summed E-state index contributed by atoms with van der Waals surface area (Å²) in [6.07, 6.45) is 0.268. The van der Waals surface area contributed by atoms with Crippen LogP contribution < -0.4 is 14.8 Å². The minimum absolute atomic E-state index is 0.127. The van der Waals surface area contributed by atoms with Gasteiger partial charge in [-0.15, -0.1) is 0 Å². The van der Waals surface area contributed by atoms with Gasteiger partial charge in [0.15, 0.2) is 6.10 Å². The van der Waals surface area contributed by atoms with Crippen molar-refractivity contribution >= 4 is 5.91 Å². The van der Waals surface area contributed by atoms with Crippen LogP contribution in [0.1, 0.15) is 20.3 Å². The quantitative estimate of drug-likeness (QED) is 0.703. The molecule has 1 N–H and O–H groups in total. The minimum Gasteiger partial charge on any atom is -0.497 e. The Kier molecular flexibility index (Phi) is 7.50. The molecule has 1 aromatic rings. The molecule has 0 bridgehead atoms. The average Bonchev–Trinajstić information content (AvgIpc) is 2.47. The number of benzene rings is 1. The molecule has 0 heterocycles. The number of nitrogens with one attached hydrogen (secondary N) is 1. The summed E-state index contributed by atoms with van der Waals surface area (Å²) in [6.45, 7) is 5.62. The van der Waals surface area contributed by atoms with Crippen molar-refractivity contribution in [2.45, 2.75) is 26.4 Å². The molecule has 0 aromatic heterocycles.